The van der Waals surface area contributed by atoms with Gasteiger partial charge in [0.15, 0.2) is 0 Å². The van der Waals surface area contributed by atoms with Gasteiger partial charge in [-0.15, -0.1) is 0 Å². The Labute approximate surface area is 99.8 Å². The molecule has 98 valence electrons. The molecular formula is C13H28O3. The van der Waals surface area contributed by atoms with Crippen LogP contribution in [0.2, 0.25) is 0 Å². The highest BCUT2D eigenvalue weighted by molar-refractivity contribution is 4.47. The summed E-state index contributed by atoms with van der Waals surface area (Å²) in [6.07, 6.45) is 11.0. The van der Waals surface area contributed by atoms with Crippen LogP contribution in [0.5, 0.6) is 0 Å². The van der Waals surface area contributed by atoms with E-state index in [0.29, 0.717) is 13.2 Å². The largest absolute Gasteiger partial charge is 0.396 e. The fourth-order valence-corrected chi connectivity index (χ4v) is 1.72. The summed E-state index contributed by atoms with van der Waals surface area (Å²) in [6, 6.07) is 0. The third-order valence-electron chi connectivity index (χ3n) is 2.68. The monoisotopic (exact) mass is 232 g/mol. The molecule has 2 N–H and O–H groups in total. The van der Waals surface area contributed by atoms with Crippen molar-refractivity contribution in [3.05, 3.63) is 0 Å². The third-order valence-corrected chi connectivity index (χ3v) is 2.68. The first-order chi connectivity index (χ1) is 7.91. The Bertz CT molecular complexity index is 104. The molecule has 0 heterocycles. The maximum atomic E-state index is 8.60. The Morgan fingerprint density at radius 1 is 0.500 bits per heavy atom. The van der Waals surface area contributed by atoms with Crippen LogP contribution in [-0.2, 0) is 4.74 Å². The van der Waals surface area contributed by atoms with Crippen molar-refractivity contribution in [1.82, 2.24) is 0 Å². The van der Waals surface area contributed by atoms with Crippen LogP contribution >= 0.6 is 0 Å². The summed E-state index contributed by atoms with van der Waals surface area (Å²) in [4.78, 5) is 0. The summed E-state index contributed by atoms with van der Waals surface area (Å²) < 4.78 is 5.18. The van der Waals surface area contributed by atoms with Crippen LogP contribution in [0, 0.1) is 0 Å². The number of rotatable bonds is 13. The number of ether oxygens (including phenoxy) is 1. The molecule has 0 radical (unpaired) electrons. The Morgan fingerprint density at radius 3 is 1.50 bits per heavy atom. The van der Waals surface area contributed by atoms with Gasteiger partial charge in [-0.05, 0) is 12.8 Å². The van der Waals surface area contributed by atoms with Crippen molar-refractivity contribution < 1.29 is 14.9 Å². The van der Waals surface area contributed by atoms with Gasteiger partial charge in [-0.1, -0.05) is 44.9 Å². The number of aliphatic hydroxyl groups excluding tert-OH is 2. The number of unbranched alkanes of at least 4 members (excludes halogenated alkanes) is 8. The maximum absolute atomic E-state index is 8.60. The van der Waals surface area contributed by atoms with Crippen LogP contribution in [0.1, 0.15) is 57.8 Å². The van der Waals surface area contributed by atoms with Crippen LogP contribution in [0.4, 0.5) is 0 Å². The van der Waals surface area contributed by atoms with Crippen molar-refractivity contribution in [2.24, 2.45) is 0 Å². The normalized spacial score (nSPS) is 10.9. The van der Waals surface area contributed by atoms with Gasteiger partial charge in [0.05, 0.1) is 13.2 Å². The Balaban J connectivity index is 2.83. The van der Waals surface area contributed by atoms with Gasteiger partial charge in [-0.25, -0.2) is 0 Å². The van der Waals surface area contributed by atoms with Gasteiger partial charge in [0.2, 0.25) is 0 Å². The Morgan fingerprint density at radius 2 is 1.00 bits per heavy atom. The van der Waals surface area contributed by atoms with Crippen molar-refractivity contribution >= 4 is 0 Å². The van der Waals surface area contributed by atoms with Crippen molar-refractivity contribution in [2.75, 3.05) is 26.4 Å². The van der Waals surface area contributed by atoms with Crippen LogP contribution in [0.25, 0.3) is 0 Å². The molecule has 0 aliphatic carbocycles. The molecule has 0 atom stereocenters. The van der Waals surface area contributed by atoms with E-state index in [1.807, 2.05) is 0 Å². The first kappa shape index (κ1) is 15.9. The van der Waals surface area contributed by atoms with Gasteiger partial charge >= 0.3 is 0 Å². The zero-order valence-corrected chi connectivity index (χ0v) is 10.5. The molecule has 0 aromatic carbocycles. The summed E-state index contributed by atoms with van der Waals surface area (Å²) in [5.74, 6) is 0. The van der Waals surface area contributed by atoms with E-state index < -0.39 is 0 Å². The Hall–Kier alpha value is -0.120. The second kappa shape index (κ2) is 14.9. The second-order valence-corrected chi connectivity index (χ2v) is 4.24. The molecule has 0 unspecified atom stereocenters. The van der Waals surface area contributed by atoms with Gasteiger partial charge in [-0.2, -0.15) is 0 Å². The summed E-state index contributed by atoms with van der Waals surface area (Å²) in [6.45, 7) is 1.74. The van der Waals surface area contributed by atoms with E-state index in [9.17, 15) is 0 Å². The van der Waals surface area contributed by atoms with Crippen molar-refractivity contribution in [2.45, 2.75) is 57.8 Å². The van der Waals surface area contributed by atoms with Crippen molar-refractivity contribution in [3.63, 3.8) is 0 Å². The minimum Gasteiger partial charge on any atom is -0.396 e. The average molecular weight is 232 g/mol. The summed E-state index contributed by atoms with van der Waals surface area (Å²) in [5.41, 5.74) is 0. The highest BCUT2D eigenvalue weighted by atomic mass is 16.5. The van der Waals surface area contributed by atoms with E-state index in [1.54, 1.807) is 0 Å². The van der Waals surface area contributed by atoms with E-state index in [4.69, 9.17) is 14.9 Å². The molecule has 0 saturated heterocycles. The molecule has 3 heteroatoms. The van der Waals surface area contributed by atoms with E-state index in [-0.39, 0.29) is 6.61 Å². The second-order valence-electron chi connectivity index (χ2n) is 4.24. The summed E-state index contributed by atoms with van der Waals surface area (Å²) >= 11 is 0. The Kier molecular flexibility index (Phi) is 14.8. The summed E-state index contributed by atoms with van der Waals surface area (Å²) in [7, 11) is 0. The molecule has 0 aliphatic rings. The molecule has 0 aromatic rings. The molecular weight excluding hydrogens is 204 g/mol. The molecule has 0 bridgehead atoms. The molecule has 0 spiro atoms. The quantitative estimate of drug-likeness (QED) is 0.480. The zero-order chi connectivity index (χ0) is 11.9. The van der Waals surface area contributed by atoms with E-state index in [2.05, 4.69) is 0 Å². The summed E-state index contributed by atoms with van der Waals surface area (Å²) in [5, 5.41) is 17.1. The van der Waals surface area contributed by atoms with Gasteiger partial charge in [0.25, 0.3) is 0 Å². The smallest absolute Gasteiger partial charge is 0.0697 e. The molecule has 3 nitrogen and oxygen atoms in total. The van der Waals surface area contributed by atoms with Crippen molar-refractivity contribution in [3.8, 4) is 0 Å². The van der Waals surface area contributed by atoms with Gasteiger partial charge in [-0.3, -0.25) is 0 Å². The van der Waals surface area contributed by atoms with Crippen LogP contribution in [0.3, 0.4) is 0 Å². The van der Waals surface area contributed by atoms with E-state index in [1.165, 1.54) is 44.9 Å². The predicted octanol–water partition coefficient (Wildman–Crippen LogP) is 2.50. The SMILES string of the molecule is OCCCCCCCCCCCOCCO. The number of hydrogen-bond acceptors (Lipinski definition) is 3. The highest BCUT2D eigenvalue weighted by Gasteiger charge is 1.92. The van der Waals surface area contributed by atoms with E-state index in [0.717, 1.165) is 19.4 Å². The third kappa shape index (κ3) is 13.9. The lowest BCUT2D eigenvalue weighted by Gasteiger charge is -2.03. The first-order valence-corrected chi connectivity index (χ1v) is 6.71. The minimum absolute atomic E-state index is 0.133. The predicted molar refractivity (Wildman–Crippen MR) is 66.5 cm³/mol. The van der Waals surface area contributed by atoms with E-state index >= 15 is 0 Å². The molecule has 0 amide bonds. The van der Waals surface area contributed by atoms with Crippen molar-refractivity contribution in [1.29, 1.82) is 0 Å². The fourth-order valence-electron chi connectivity index (χ4n) is 1.72. The van der Waals surface area contributed by atoms with Crippen LogP contribution in [0.15, 0.2) is 0 Å². The van der Waals surface area contributed by atoms with Crippen LogP contribution < -0.4 is 0 Å². The fraction of sp³-hybridized carbons (Fsp3) is 1.00. The first-order valence-electron chi connectivity index (χ1n) is 6.71. The molecule has 0 rings (SSSR count). The average Bonchev–Trinajstić information content (AvgIpc) is 2.31. The number of hydrogen-bond donors (Lipinski definition) is 2. The molecule has 16 heavy (non-hydrogen) atoms. The molecule has 0 fully saturated rings. The molecule has 0 aromatic heterocycles. The highest BCUT2D eigenvalue weighted by Crippen LogP contribution is 2.09. The standard InChI is InChI=1S/C13H28O3/c14-10-8-6-4-2-1-3-5-7-9-12-16-13-11-15/h14-15H,1-13H2. The lowest BCUT2D eigenvalue weighted by molar-refractivity contribution is 0.0895. The number of aliphatic hydroxyl groups is 2. The topological polar surface area (TPSA) is 49.7 Å². The molecule has 0 saturated carbocycles. The molecule has 0 aliphatic heterocycles. The van der Waals surface area contributed by atoms with Gasteiger partial charge in [0.1, 0.15) is 0 Å². The lowest BCUT2D eigenvalue weighted by Crippen LogP contribution is -2.00. The van der Waals surface area contributed by atoms with Gasteiger partial charge < -0.3 is 14.9 Å². The lowest BCUT2D eigenvalue weighted by atomic mass is 10.1. The van der Waals surface area contributed by atoms with Crippen LogP contribution in [-0.4, -0.2) is 36.6 Å². The van der Waals surface area contributed by atoms with Gasteiger partial charge in [0, 0.05) is 13.2 Å². The zero-order valence-electron chi connectivity index (χ0n) is 10.5. The minimum atomic E-state index is 0.133. The maximum Gasteiger partial charge on any atom is 0.0697 e.